The van der Waals surface area contributed by atoms with E-state index in [1.165, 1.54) is 25.0 Å². The first-order valence-electron chi connectivity index (χ1n) is 5.18. The molecule has 1 heterocycles. The zero-order valence-corrected chi connectivity index (χ0v) is 9.98. The van der Waals surface area contributed by atoms with Gasteiger partial charge in [0.25, 0.3) is 0 Å². The smallest absolute Gasteiger partial charge is 0.124 e. The Morgan fingerprint density at radius 1 is 1.53 bits per heavy atom. The predicted molar refractivity (Wildman–Crippen MR) is 63.6 cm³/mol. The Balaban J connectivity index is 1.92. The standard InChI is InChI=1S/C11H14BrFN2/c12-10-6-8(13)3-4-11(10)15-7-9-2-1-5-14-9/h3-4,6,9,14-15H,1-2,5,7H2. The fourth-order valence-corrected chi connectivity index (χ4v) is 2.29. The molecule has 0 aromatic heterocycles. The third kappa shape index (κ3) is 2.92. The van der Waals surface area contributed by atoms with Gasteiger partial charge in [0.2, 0.25) is 0 Å². The van der Waals surface area contributed by atoms with Gasteiger partial charge in [-0.2, -0.15) is 0 Å². The first-order valence-corrected chi connectivity index (χ1v) is 5.97. The third-order valence-electron chi connectivity index (χ3n) is 2.63. The van der Waals surface area contributed by atoms with Crippen LogP contribution in [0.2, 0.25) is 0 Å². The van der Waals surface area contributed by atoms with Crippen molar-refractivity contribution in [3.8, 4) is 0 Å². The van der Waals surface area contributed by atoms with Crippen molar-refractivity contribution in [3.05, 3.63) is 28.5 Å². The Hall–Kier alpha value is -0.610. The molecular formula is C11H14BrFN2. The molecule has 1 aromatic rings. The molecule has 4 heteroatoms. The van der Waals surface area contributed by atoms with Crippen LogP contribution in [-0.4, -0.2) is 19.1 Å². The maximum Gasteiger partial charge on any atom is 0.124 e. The van der Waals surface area contributed by atoms with E-state index in [0.29, 0.717) is 6.04 Å². The quantitative estimate of drug-likeness (QED) is 0.884. The summed E-state index contributed by atoms with van der Waals surface area (Å²) in [6, 6.07) is 5.25. The topological polar surface area (TPSA) is 24.1 Å². The van der Waals surface area contributed by atoms with Gasteiger partial charge in [0.15, 0.2) is 0 Å². The van der Waals surface area contributed by atoms with Gasteiger partial charge in [-0.3, -0.25) is 0 Å². The fraction of sp³-hybridized carbons (Fsp3) is 0.455. The SMILES string of the molecule is Fc1ccc(NCC2CCCN2)c(Br)c1. The average Bonchev–Trinajstić information content (AvgIpc) is 2.69. The highest BCUT2D eigenvalue weighted by atomic mass is 79.9. The number of rotatable bonds is 3. The van der Waals surface area contributed by atoms with Crippen molar-refractivity contribution in [1.82, 2.24) is 5.32 Å². The number of halogens is 2. The third-order valence-corrected chi connectivity index (χ3v) is 3.29. The summed E-state index contributed by atoms with van der Waals surface area (Å²) in [6.07, 6.45) is 2.46. The van der Waals surface area contributed by atoms with E-state index in [0.717, 1.165) is 23.2 Å². The number of hydrogen-bond donors (Lipinski definition) is 2. The molecule has 1 aliphatic heterocycles. The van der Waals surface area contributed by atoms with Crippen molar-refractivity contribution in [3.63, 3.8) is 0 Å². The van der Waals surface area contributed by atoms with E-state index in [1.54, 1.807) is 6.07 Å². The van der Waals surface area contributed by atoms with Crippen LogP contribution in [0.3, 0.4) is 0 Å². The van der Waals surface area contributed by atoms with Crippen molar-refractivity contribution in [2.24, 2.45) is 0 Å². The van der Waals surface area contributed by atoms with Gasteiger partial charge in [0.1, 0.15) is 5.82 Å². The van der Waals surface area contributed by atoms with Crippen molar-refractivity contribution in [2.75, 3.05) is 18.4 Å². The van der Waals surface area contributed by atoms with Gasteiger partial charge in [-0.15, -0.1) is 0 Å². The van der Waals surface area contributed by atoms with Crippen LogP contribution in [-0.2, 0) is 0 Å². The minimum Gasteiger partial charge on any atom is -0.383 e. The fourth-order valence-electron chi connectivity index (χ4n) is 1.80. The summed E-state index contributed by atoms with van der Waals surface area (Å²) in [7, 11) is 0. The Labute approximate surface area is 97.4 Å². The summed E-state index contributed by atoms with van der Waals surface area (Å²) in [6.45, 7) is 2.00. The highest BCUT2D eigenvalue weighted by molar-refractivity contribution is 9.10. The van der Waals surface area contributed by atoms with Crippen molar-refractivity contribution in [1.29, 1.82) is 0 Å². The Bertz CT molecular complexity index is 337. The molecule has 2 N–H and O–H groups in total. The second-order valence-electron chi connectivity index (χ2n) is 3.80. The maximum atomic E-state index is 12.8. The van der Waals surface area contributed by atoms with Gasteiger partial charge in [-0.25, -0.2) is 4.39 Å². The van der Waals surface area contributed by atoms with Gasteiger partial charge in [0, 0.05) is 22.7 Å². The summed E-state index contributed by atoms with van der Waals surface area (Å²) < 4.78 is 13.6. The average molecular weight is 273 g/mol. The molecule has 0 saturated carbocycles. The van der Waals surface area contributed by atoms with Crippen LogP contribution in [0.25, 0.3) is 0 Å². The molecule has 1 unspecified atom stereocenters. The van der Waals surface area contributed by atoms with Crippen LogP contribution in [0.4, 0.5) is 10.1 Å². The minimum absolute atomic E-state index is 0.216. The molecule has 82 valence electrons. The minimum atomic E-state index is -0.216. The molecule has 0 bridgehead atoms. The molecule has 2 nitrogen and oxygen atoms in total. The molecule has 2 rings (SSSR count). The zero-order chi connectivity index (χ0) is 10.7. The molecule has 1 saturated heterocycles. The van der Waals surface area contributed by atoms with Crippen LogP contribution >= 0.6 is 15.9 Å². The van der Waals surface area contributed by atoms with Crippen LogP contribution in [0.5, 0.6) is 0 Å². The van der Waals surface area contributed by atoms with Crippen LogP contribution in [0.15, 0.2) is 22.7 Å². The normalized spacial score (nSPS) is 20.5. The van der Waals surface area contributed by atoms with E-state index in [2.05, 4.69) is 26.6 Å². The van der Waals surface area contributed by atoms with Crippen molar-refractivity contribution < 1.29 is 4.39 Å². The lowest BCUT2D eigenvalue weighted by Crippen LogP contribution is -2.29. The molecule has 1 fully saturated rings. The second-order valence-corrected chi connectivity index (χ2v) is 4.65. The molecule has 0 radical (unpaired) electrons. The maximum absolute atomic E-state index is 12.8. The largest absolute Gasteiger partial charge is 0.383 e. The predicted octanol–water partition coefficient (Wildman–Crippen LogP) is 2.75. The Kier molecular flexibility index (Phi) is 3.59. The Morgan fingerprint density at radius 2 is 2.40 bits per heavy atom. The van der Waals surface area contributed by atoms with Gasteiger partial charge >= 0.3 is 0 Å². The molecule has 0 amide bonds. The van der Waals surface area contributed by atoms with E-state index in [9.17, 15) is 4.39 Å². The van der Waals surface area contributed by atoms with E-state index in [1.807, 2.05) is 0 Å². The highest BCUT2D eigenvalue weighted by Crippen LogP contribution is 2.23. The zero-order valence-electron chi connectivity index (χ0n) is 8.39. The van der Waals surface area contributed by atoms with Gasteiger partial charge in [0.05, 0.1) is 0 Å². The number of hydrogen-bond acceptors (Lipinski definition) is 2. The number of anilines is 1. The summed E-state index contributed by atoms with van der Waals surface area (Å²) in [5.41, 5.74) is 0.949. The highest BCUT2D eigenvalue weighted by Gasteiger charge is 2.13. The lowest BCUT2D eigenvalue weighted by molar-refractivity contribution is 0.625. The summed E-state index contributed by atoms with van der Waals surface area (Å²) in [5.74, 6) is -0.216. The first-order chi connectivity index (χ1) is 7.25. The summed E-state index contributed by atoms with van der Waals surface area (Å²) in [5, 5.41) is 6.71. The van der Waals surface area contributed by atoms with Crippen LogP contribution in [0, 0.1) is 5.82 Å². The van der Waals surface area contributed by atoms with E-state index < -0.39 is 0 Å². The van der Waals surface area contributed by atoms with Gasteiger partial charge in [-0.1, -0.05) is 0 Å². The molecule has 1 aromatic carbocycles. The monoisotopic (exact) mass is 272 g/mol. The molecule has 0 aliphatic carbocycles. The van der Waals surface area contributed by atoms with E-state index in [4.69, 9.17) is 0 Å². The van der Waals surface area contributed by atoms with Crippen molar-refractivity contribution in [2.45, 2.75) is 18.9 Å². The number of benzene rings is 1. The number of nitrogens with one attached hydrogen (secondary N) is 2. The first kappa shape index (κ1) is 10.9. The van der Waals surface area contributed by atoms with Gasteiger partial charge < -0.3 is 10.6 Å². The molecule has 1 atom stereocenters. The van der Waals surface area contributed by atoms with Crippen LogP contribution < -0.4 is 10.6 Å². The van der Waals surface area contributed by atoms with Crippen LogP contribution in [0.1, 0.15) is 12.8 Å². The Morgan fingerprint density at radius 3 is 3.07 bits per heavy atom. The summed E-state index contributed by atoms with van der Waals surface area (Å²) in [4.78, 5) is 0. The lowest BCUT2D eigenvalue weighted by atomic mass is 10.2. The molecule has 15 heavy (non-hydrogen) atoms. The molecular weight excluding hydrogens is 259 g/mol. The second kappa shape index (κ2) is 4.94. The lowest BCUT2D eigenvalue weighted by Gasteiger charge is -2.13. The van der Waals surface area contributed by atoms with E-state index >= 15 is 0 Å². The molecule has 0 spiro atoms. The van der Waals surface area contributed by atoms with E-state index in [-0.39, 0.29) is 5.82 Å². The van der Waals surface area contributed by atoms with Crippen molar-refractivity contribution >= 4 is 21.6 Å². The molecule has 1 aliphatic rings. The van der Waals surface area contributed by atoms with Gasteiger partial charge in [-0.05, 0) is 53.5 Å². The summed E-state index contributed by atoms with van der Waals surface area (Å²) >= 11 is 3.33.